The SMILES string of the molecule is O=C(CCCCCSc1nc2ccccc2c(=O)n1-c1ccc(F)cc1)N1CCN(C/C=C/c2ccccc2)CC1. The minimum absolute atomic E-state index is 0.164. The topological polar surface area (TPSA) is 58.4 Å². The molecule has 0 N–H and O–H groups in total. The van der Waals surface area contributed by atoms with Gasteiger partial charge in [-0.3, -0.25) is 19.1 Å². The summed E-state index contributed by atoms with van der Waals surface area (Å²) >= 11 is 1.52. The molecule has 0 unspecified atom stereocenters. The van der Waals surface area contributed by atoms with Crippen LogP contribution in [-0.4, -0.2) is 63.7 Å². The Labute approximate surface area is 244 Å². The molecule has 1 aliphatic rings. The lowest BCUT2D eigenvalue weighted by Crippen LogP contribution is -2.48. The number of nitrogens with zero attached hydrogens (tertiary/aromatic N) is 4. The predicted molar refractivity (Wildman–Crippen MR) is 165 cm³/mol. The zero-order valence-electron chi connectivity index (χ0n) is 23.1. The van der Waals surface area contributed by atoms with E-state index in [0.29, 0.717) is 28.2 Å². The summed E-state index contributed by atoms with van der Waals surface area (Å²) in [4.78, 5) is 35.2. The number of amides is 1. The van der Waals surface area contributed by atoms with Crippen LogP contribution in [0.3, 0.4) is 0 Å². The lowest BCUT2D eigenvalue weighted by Gasteiger charge is -2.34. The molecule has 6 nitrogen and oxygen atoms in total. The van der Waals surface area contributed by atoms with Crippen molar-refractivity contribution in [3.8, 4) is 5.69 Å². The average Bonchev–Trinajstić information content (AvgIpc) is 3.00. The van der Waals surface area contributed by atoms with Gasteiger partial charge in [0.25, 0.3) is 5.56 Å². The second kappa shape index (κ2) is 14.2. The molecular weight excluding hydrogens is 535 g/mol. The Morgan fingerprint density at radius 2 is 1.61 bits per heavy atom. The van der Waals surface area contributed by atoms with Crippen LogP contribution in [0.5, 0.6) is 0 Å². The van der Waals surface area contributed by atoms with E-state index in [1.807, 2.05) is 41.3 Å². The second-order valence-corrected chi connectivity index (χ2v) is 11.2. The molecule has 3 aromatic carbocycles. The van der Waals surface area contributed by atoms with Gasteiger partial charge in [0.05, 0.1) is 16.6 Å². The number of para-hydroxylation sites is 1. The van der Waals surface area contributed by atoms with Crippen molar-refractivity contribution in [1.82, 2.24) is 19.4 Å². The van der Waals surface area contributed by atoms with Crippen LogP contribution in [0.25, 0.3) is 22.7 Å². The largest absolute Gasteiger partial charge is 0.340 e. The fraction of sp³-hybridized carbons (Fsp3) is 0.303. The van der Waals surface area contributed by atoms with Crippen molar-refractivity contribution in [2.45, 2.75) is 30.8 Å². The molecule has 1 aromatic heterocycles. The molecule has 0 radical (unpaired) electrons. The Morgan fingerprint density at radius 3 is 2.39 bits per heavy atom. The number of halogens is 1. The first-order valence-corrected chi connectivity index (χ1v) is 15.2. The highest BCUT2D eigenvalue weighted by Gasteiger charge is 2.20. The maximum absolute atomic E-state index is 13.5. The Hall–Kier alpha value is -3.75. The van der Waals surface area contributed by atoms with Gasteiger partial charge < -0.3 is 4.90 Å². The zero-order chi connectivity index (χ0) is 28.4. The molecule has 212 valence electrons. The number of carbonyl (C=O) groups excluding carboxylic acids is 1. The van der Waals surface area contributed by atoms with Crippen molar-refractivity contribution in [2.75, 3.05) is 38.5 Å². The van der Waals surface area contributed by atoms with E-state index < -0.39 is 0 Å². The molecule has 0 bridgehead atoms. The van der Waals surface area contributed by atoms with Gasteiger partial charge >= 0.3 is 0 Å². The van der Waals surface area contributed by atoms with Gasteiger partial charge in [-0.1, -0.05) is 72.8 Å². The molecule has 1 saturated heterocycles. The van der Waals surface area contributed by atoms with Crippen LogP contribution < -0.4 is 5.56 Å². The normalized spacial score (nSPS) is 14.2. The number of rotatable bonds is 11. The molecule has 4 aromatic rings. The molecule has 1 aliphatic heterocycles. The van der Waals surface area contributed by atoms with Crippen molar-refractivity contribution >= 4 is 34.6 Å². The minimum atomic E-state index is -0.350. The summed E-state index contributed by atoms with van der Waals surface area (Å²) in [6, 6.07) is 23.5. The second-order valence-electron chi connectivity index (χ2n) is 10.2. The molecule has 8 heteroatoms. The Kier molecular flexibility index (Phi) is 9.99. The highest BCUT2D eigenvalue weighted by atomic mass is 32.2. The molecular formula is C33H35FN4O2S. The number of fused-ring (bicyclic) bond motifs is 1. The number of hydrogen-bond donors (Lipinski definition) is 0. The van der Waals surface area contributed by atoms with Crippen molar-refractivity contribution < 1.29 is 9.18 Å². The van der Waals surface area contributed by atoms with Gasteiger partial charge in [-0.25, -0.2) is 9.37 Å². The van der Waals surface area contributed by atoms with E-state index in [4.69, 9.17) is 4.98 Å². The molecule has 0 atom stereocenters. The lowest BCUT2D eigenvalue weighted by molar-refractivity contribution is -0.133. The quantitative estimate of drug-likeness (QED) is 0.125. The predicted octanol–water partition coefficient (Wildman–Crippen LogP) is 6.03. The van der Waals surface area contributed by atoms with Crippen molar-refractivity contribution in [3.63, 3.8) is 0 Å². The smallest absolute Gasteiger partial charge is 0.266 e. The van der Waals surface area contributed by atoms with Gasteiger partial charge in [0.15, 0.2) is 5.16 Å². The summed E-state index contributed by atoms with van der Waals surface area (Å²) < 4.78 is 15.1. The first kappa shape index (κ1) is 28.8. The van der Waals surface area contributed by atoms with Gasteiger partial charge in [-0.2, -0.15) is 0 Å². The van der Waals surface area contributed by atoms with E-state index in [2.05, 4.69) is 29.2 Å². The number of hydrogen-bond acceptors (Lipinski definition) is 5. The van der Waals surface area contributed by atoms with E-state index in [1.54, 1.807) is 22.8 Å². The summed E-state index contributed by atoms with van der Waals surface area (Å²) in [6.07, 6.45) is 7.58. The number of thioether (sulfide) groups is 1. The number of benzene rings is 3. The molecule has 41 heavy (non-hydrogen) atoms. The van der Waals surface area contributed by atoms with E-state index in [9.17, 15) is 14.0 Å². The third-order valence-corrected chi connectivity index (χ3v) is 8.32. The third-order valence-electron chi connectivity index (χ3n) is 7.29. The van der Waals surface area contributed by atoms with Crippen LogP contribution in [-0.2, 0) is 4.79 Å². The Balaban J connectivity index is 1.06. The molecule has 5 rings (SSSR count). The van der Waals surface area contributed by atoms with Crippen LogP contribution in [0.2, 0.25) is 0 Å². The van der Waals surface area contributed by atoms with E-state index in [1.165, 1.54) is 29.5 Å². The van der Waals surface area contributed by atoms with Crippen molar-refractivity contribution in [3.05, 3.63) is 107 Å². The fourth-order valence-corrected chi connectivity index (χ4v) is 6.00. The Morgan fingerprint density at radius 1 is 0.878 bits per heavy atom. The van der Waals surface area contributed by atoms with Crippen LogP contribution in [0, 0.1) is 5.82 Å². The number of aromatic nitrogens is 2. The van der Waals surface area contributed by atoms with Crippen LogP contribution >= 0.6 is 11.8 Å². The summed E-state index contributed by atoms with van der Waals surface area (Å²) in [7, 11) is 0. The van der Waals surface area contributed by atoms with Gasteiger partial charge in [0.2, 0.25) is 5.91 Å². The van der Waals surface area contributed by atoms with Crippen LogP contribution in [0.15, 0.2) is 94.9 Å². The number of unbranched alkanes of at least 4 members (excludes halogenated alkanes) is 2. The van der Waals surface area contributed by atoms with Crippen LogP contribution in [0.4, 0.5) is 4.39 Å². The van der Waals surface area contributed by atoms with Crippen LogP contribution in [0.1, 0.15) is 31.2 Å². The third kappa shape index (κ3) is 7.71. The monoisotopic (exact) mass is 570 g/mol. The highest BCUT2D eigenvalue weighted by molar-refractivity contribution is 7.99. The average molecular weight is 571 g/mol. The van der Waals surface area contributed by atoms with Gasteiger partial charge in [-0.15, -0.1) is 0 Å². The molecule has 1 fully saturated rings. The maximum atomic E-state index is 13.5. The van der Waals surface area contributed by atoms with Gasteiger partial charge in [-0.05, 0) is 54.8 Å². The highest BCUT2D eigenvalue weighted by Crippen LogP contribution is 2.23. The minimum Gasteiger partial charge on any atom is -0.340 e. The molecule has 0 saturated carbocycles. The molecule has 1 amide bonds. The lowest BCUT2D eigenvalue weighted by atomic mass is 10.2. The first-order chi connectivity index (χ1) is 20.1. The summed E-state index contributed by atoms with van der Waals surface area (Å²) in [5.41, 5.74) is 2.28. The fourth-order valence-electron chi connectivity index (χ4n) is 4.99. The van der Waals surface area contributed by atoms with E-state index >= 15 is 0 Å². The van der Waals surface area contributed by atoms with Crippen molar-refractivity contribution in [2.24, 2.45) is 0 Å². The molecule has 0 aliphatic carbocycles. The molecule has 0 spiro atoms. The molecule has 2 heterocycles. The van der Waals surface area contributed by atoms with E-state index in [-0.39, 0.29) is 17.3 Å². The summed E-state index contributed by atoms with van der Waals surface area (Å²) in [6.45, 7) is 4.26. The van der Waals surface area contributed by atoms with Gasteiger partial charge in [0, 0.05) is 44.9 Å². The maximum Gasteiger partial charge on any atom is 0.266 e. The number of carbonyl (C=O) groups is 1. The summed E-state index contributed by atoms with van der Waals surface area (Å²) in [5, 5.41) is 1.12. The van der Waals surface area contributed by atoms with Crippen molar-refractivity contribution in [1.29, 1.82) is 0 Å². The first-order valence-electron chi connectivity index (χ1n) is 14.2. The van der Waals surface area contributed by atoms with E-state index in [0.717, 1.165) is 57.7 Å². The summed E-state index contributed by atoms with van der Waals surface area (Å²) in [5.74, 6) is 0.658. The Bertz CT molecular complexity index is 1530. The zero-order valence-corrected chi connectivity index (χ0v) is 23.9. The standard InChI is InChI=1S/C33H35FN4O2S/c34-27-16-18-28(19-17-27)38-32(40)29-13-6-7-14-30(29)35-33(38)41-25-8-2-5-15-31(39)37-23-21-36(22-24-37)20-9-12-26-10-3-1-4-11-26/h1,3-4,6-7,9-14,16-19H,2,5,8,15,20-25H2/b12-9+. The van der Waals surface area contributed by atoms with Gasteiger partial charge in [0.1, 0.15) is 5.82 Å². The number of piperazine rings is 1.